The molecule has 0 N–H and O–H groups in total. The number of para-hydroxylation sites is 1. The molecule has 0 aliphatic carbocycles. The third-order valence-electron chi connectivity index (χ3n) is 3.04. The summed E-state index contributed by atoms with van der Waals surface area (Å²) < 4.78 is 11.5. The Balaban J connectivity index is 1.74. The van der Waals surface area contributed by atoms with Gasteiger partial charge in [0.05, 0.1) is 0 Å². The van der Waals surface area contributed by atoms with Crippen molar-refractivity contribution < 1.29 is 14.3 Å². The molecule has 0 saturated heterocycles. The van der Waals surface area contributed by atoms with Crippen LogP contribution < -0.4 is 9.47 Å². The Bertz CT molecular complexity index is 749. The molecule has 0 radical (unpaired) electrons. The lowest BCUT2D eigenvalue weighted by Gasteiger charge is -2.09. The van der Waals surface area contributed by atoms with E-state index in [2.05, 4.69) is 0 Å². The molecule has 0 fully saturated rings. The summed E-state index contributed by atoms with van der Waals surface area (Å²) >= 11 is 0. The van der Waals surface area contributed by atoms with Crippen LogP contribution in [0.5, 0.6) is 23.0 Å². The fraction of sp³-hybridized carbons (Fsp3) is 0. The summed E-state index contributed by atoms with van der Waals surface area (Å²) in [5.41, 5.74) is 0.619. The maximum Gasteiger partial charge on any atom is 0.150 e. The van der Waals surface area contributed by atoms with Crippen LogP contribution >= 0.6 is 0 Å². The van der Waals surface area contributed by atoms with Gasteiger partial charge in [0.2, 0.25) is 0 Å². The molecular formula is C19H14O3. The van der Waals surface area contributed by atoms with Gasteiger partial charge in [-0.2, -0.15) is 0 Å². The van der Waals surface area contributed by atoms with Gasteiger partial charge in [0.25, 0.3) is 0 Å². The van der Waals surface area contributed by atoms with Crippen molar-refractivity contribution in [2.45, 2.75) is 0 Å². The smallest absolute Gasteiger partial charge is 0.150 e. The van der Waals surface area contributed by atoms with E-state index >= 15 is 0 Å². The minimum Gasteiger partial charge on any atom is -0.457 e. The van der Waals surface area contributed by atoms with Crippen molar-refractivity contribution in [1.82, 2.24) is 0 Å². The van der Waals surface area contributed by atoms with E-state index < -0.39 is 0 Å². The van der Waals surface area contributed by atoms with E-state index in [0.717, 1.165) is 12.0 Å². The van der Waals surface area contributed by atoms with Crippen LogP contribution in [0.4, 0.5) is 0 Å². The minimum atomic E-state index is 0.619. The number of rotatable bonds is 5. The molecule has 3 rings (SSSR count). The van der Waals surface area contributed by atoms with Crippen molar-refractivity contribution in [2.24, 2.45) is 0 Å². The molecule has 0 aliphatic rings. The largest absolute Gasteiger partial charge is 0.457 e. The van der Waals surface area contributed by atoms with Crippen molar-refractivity contribution >= 4 is 6.29 Å². The molecule has 3 heteroatoms. The monoisotopic (exact) mass is 290 g/mol. The second kappa shape index (κ2) is 6.59. The van der Waals surface area contributed by atoms with Gasteiger partial charge in [-0.25, -0.2) is 0 Å². The average molecular weight is 290 g/mol. The third kappa shape index (κ3) is 3.52. The zero-order chi connectivity index (χ0) is 15.2. The molecule has 0 aliphatic heterocycles. The van der Waals surface area contributed by atoms with E-state index in [1.807, 2.05) is 54.6 Å². The van der Waals surface area contributed by atoms with Gasteiger partial charge in [0.1, 0.15) is 29.3 Å². The topological polar surface area (TPSA) is 35.5 Å². The predicted octanol–water partition coefficient (Wildman–Crippen LogP) is 5.08. The van der Waals surface area contributed by atoms with Crippen LogP contribution in [0.25, 0.3) is 0 Å². The van der Waals surface area contributed by atoms with Gasteiger partial charge in [-0.1, -0.05) is 24.3 Å². The number of ether oxygens (including phenoxy) is 2. The van der Waals surface area contributed by atoms with E-state index in [-0.39, 0.29) is 0 Å². The van der Waals surface area contributed by atoms with Gasteiger partial charge in [0.15, 0.2) is 0 Å². The Hall–Kier alpha value is -3.07. The number of hydrogen-bond acceptors (Lipinski definition) is 3. The maximum absolute atomic E-state index is 10.6. The number of carbonyl (C=O) groups excluding carboxylic acids is 1. The molecule has 3 aromatic rings. The average Bonchev–Trinajstić information content (AvgIpc) is 2.57. The van der Waals surface area contributed by atoms with Crippen molar-refractivity contribution in [2.75, 3.05) is 0 Å². The molecular weight excluding hydrogens is 276 g/mol. The van der Waals surface area contributed by atoms with Crippen molar-refractivity contribution in [3.8, 4) is 23.0 Å². The Morgan fingerprint density at radius 2 is 1.14 bits per heavy atom. The lowest BCUT2D eigenvalue weighted by atomic mass is 10.2. The van der Waals surface area contributed by atoms with Gasteiger partial charge in [-0.3, -0.25) is 4.79 Å². The standard InChI is InChI=1S/C19H14O3/c20-14-15-9-11-17(12-10-15)22-19-8-4-7-18(13-19)21-16-5-2-1-3-6-16/h1-14H. The lowest BCUT2D eigenvalue weighted by molar-refractivity contribution is 0.112. The summed E-state index contributed by atoms with van der Waals surface area (Å²) in [5.74, 6) is 2.82. The SMILES string of the molecule is O=Cc1ccc(Oc2cccc(Oc3ccccc3)c2)cc1. The quantitative estimate of drug-likeness (QED) is 0.614. The molecule has 3 aromatic carbocycles. The van der Waals surface area contributed by atoms with E-state index in [0.29, 0.717) is 22.8 Å². The van der Waals surface area contributed by atoms with E-state index in [1.165, 1.54) is 0 Å². The lowest BCUT2D eigenvalue weighted by Crippen LogP contribution is -1.87. The molecule has 0 saturated carbocycles. The third-order valence-corrected chi connectivity index (χ3v) is 3.04. The van der Waals surface area contributed by atoms with Crippen LogP contribution in [-0.4, -0.2) is 6.29 Å². The Kier molecular flexibility index (Phi) is 4.16. The minimum absolute atomic E-state index is 0.619. The first-order chi connectivity index (χ1) is 10.8. The predicted molar refractivity (Wildman–Crippen MR) is 84.9 cm³/mol. The second-order valence-electron chi connectivity index (χ2n) is 4.68. The zero-order valence-electron chi connectivity index (χ0n) is 11.8. The molecule has 0 amide bonds. The number of aldehydes is 1. The van der Waals surface area contributed by atoms with Crippen LogP contribution in [0.2, 0.25) is 0 Å². The maximum atomic E-state index is 10.6. The molecule has 0 atom stereocenters. The molecule has 22 heavy (non-hydrogen) atoms. The highest BCUT2D eigenvalue weighted by Gasteiger charge is 2.01. The fourth-order valence-corrected chi connectivity index (χ4v) is 1.98. The van der Waals surface area contributed by atoms with Gasteiger partial charge in [-0.15, -0.1) is 0 Å². The first-order valence-corrected chi connectivity index (χ1v) is 6.89. The highest BCUT2D eigenvalue weighted by atomic mass is 16.5. The van der Waals surface area contributed by atoms with E-state index in [1.54, 1.807) is 24.3 Å². The molecule has 3 nitrogen and oxygen atoms in total. The first-order valence-electron chi connectivity index (χ1n) is 6.89. The van der Waals surface area contributed by atoms with Crippen molar-refractivity contribution in [3.05, 3.63) is 84.4 Å². The molecule has 0 unspecified atom stereocenters. The van der Waals surface area contributed by atoms with Crippen LogP contribution in [0.3, 0.4) is 0 Å². The van der Waals surface area contributed by atoms with Crippen LogP contribution in [0.1, 0.15) is 10.4 Å². The van der Waals surface area contributed by atoms with Crippen LogP contribution in [0, 0.1) is 0 Å². The summed E-state index contributed by atoms with van der Waals surface area (Å²) in [5, 5.41) is 0. The Labute approximate surface area is 128 Å². The fourth-order valence-electron chi connectivity index (χ4n) is 1.98. The molecule has 0 heterocycles. The zero-order valence-corrected chi connectivity index (χ0v) is 11.8. The van der Waals surface area contributed by atoms with Crippen molar-refractivity contribution in [3.63, 3.8) is 0 Å². The Morgan fingerprint density at radius 1 is 0.591 bits per heavy atom. The second-order valence-corrected chi connectivity index (χ2v) is 4.68. The van der Waals surface area contributed by atoms with Gasteiger partial charge in [0, 0.05) is 11.6 Å². The van der Waals surface area contributed by atoms with Gasteiger partial charge >= 0.3 is 0 Å². The van der Waals surface area contributed by atoms with E-state index in [4.69, 9.17) is 9.47 Å². The van der Waals surface area contributed by atoms with Crippen molar-refractivity contribution in [1.29, 1.82) is 0 Å². The van der Waals surface area contributed by atoms with E-state index in [9.17, 15) is 4.79 Å². The highest BCUT2D eigenvalue weighted by Crippen LogP contribution is 2.28. The van der Waals surface area contributed by atoms with Crippen LogP contribution in [0.15, 0.2) is 78.9 Å². The normalized spacial score (nSPS) is 10.0. The number of hydrogen-bond donors (Lipinski definition) is 0. The first kappa shape index (κ1) is 13.9. The molecule has 108 valence electrons. The number of benzene rings is 3. The summed E-state index contributed by atoms with van der Waals surface area (Å²) in [6.07, 6.45) is 0.804. The summed E-state index contributed by atoms with van der Waals surface area (Å²) in [4.78, 5) is 10.6. The summed E-state index contributed by atoms with van der Waals surface area (Å²) in [6, 6.07) is 23.9. The van der Waals surface area contributed by atoms with Gasteiger partial charge < -0.3 is 9.47 Å². The van der Waals surface area contributed by atoms with Gasteiger partial charge in [-0.05, 0) is 48.5 Å². The summed E-state index contributed by atoms with van der Waals surface area (Å²) in [6.45, 7) is 0. The Morgan fingerprint density at radius 3 is 1.73 bits per heavy atom. The summed E-state index contributed by atoms with van der Waals surface area (Å²) in [7, 11) is 0. The molecule has 0 aromatic heterocycles. The molecule has 0 spiro atoms. The number of carbonyl (C=O) groups is 1. The van der Waals surface area contributed by atoms with Crippen LogP contribution in [-0.2, 0) is 0 Å². The highest BCUT2D eigenvalue weighted by molar-refractivity contribution is 5.74. The molecule has 0 bridgehead atoms.